The first-order valence-corrected chi connectivity index (χ1v) is 3.73. The molecule has 0 aliphatic rings. The highest BCUT2D eigenvalue weighted by molar-refractivity contribution is 5.59. The second-order valence-corrected chi connectivity index (χ2v) is 2.51. The highest BCUT2D eigenvalue weighted by Crippen LogP contribution is 2.36. The zero-order valence-corrected chi connectivity index (χ0v) is 7.65. The van der Waals surface area contributed by atoms with Crippen molar-refractivity contribution in [2.75, 3.05) is 13.7 Å². The van der Waals surface area contributed by atoms with Gasteiger partial charge in [0.1, 0.15) is 0 Å². The standard InChI is InChI=1S/C7H10F4O3/c1-3-6(8,9)7(10,11)4-14-5(12)13-2/h3-4H2,1-2H3. The Labute approximate surface area is 78.0 Å². The largest absolute Gasteiger partial charge is 0.508 e. The van der Waals surface area contributed by atoms with Crippen LogP contribution in [0.1, 0.15) is 13.3 Å². The van der Waals surface area contributed by atoms with Crippen molar-refractivity contribution >= 4 is 6.16 Å². The number of carbonyl (C=O) groups is 1. The second kappa shape index (κ2) is 4.47. The van der Waals surface area contributed by atoms with Crippen molar-refractivity contribution < 1.29 is 31.8 Å². The molecule has 0 aromatic carbocycles. The van der Waals surface area contributed by atoms with Gasteiger partial charge in [-0.15, -0.1) is 0 Å². The van der Waals surface area contributed by atoms with Crippen LogP contribution in [0.2, 0.25) is 0 Å². The smallest absolute Gasteiger partial charge is 0.438 e. The average Bonchev–Trinajstić information content (AvgIpc) is 2.13. The van der Waals surface area contributed by atoms with E-state index in [1.807, 2.05) is 0 Å². The number of hydrogen-bond acceptors (Lipinski definition) is 3. The zero-order valence-electron chi connectivity index (χ0n) is 7.65. The monoisotopic (exact) mass is 218 g/mol. The molecular formula is C7H10F4O3. The minimum atomic E-state index is -4.38. The van der Waals surface area contributed by atoms with Crippen LogP contribution in [0.5, 0.6) is 0 Å². The first-order valence-electron chi connectivity index (χ1n) is 3.73. The summed E-state index contributed by atoms with van der Waals surface area (Å²) in [5, 5.41) is 0. The summed E-state index contributed by atoms with van der Waals surface area (Å²) in [6, 6.07) is 0. The molecule has 0 bridgehead atoms. The summed E-state index contributed by atoms with van der Waals surface area (Å²) in [5.41, 5.74) is 0. The van der Waals surface area contributed by atoms with Gasteiger partial charge in [0.15, 0.2) is 6.61 Å². The summed E-state index contributed by atoms with van der Waals surface area (Å²) in [6.07, 6.45) is -2.46. The predicted molar refractivity (Wildman–Crippen MR) is 38.5 cm³/mol. The van der Waals surface area contributed by atoms with Crippen LogP contribution in [0.4, 0.5) is 22.4 Å². The third-order valence-electron chi connectivity index (χ3n) is 1.52. The van der Waals surface area contributed by atoms with Crippen LogP contribution in [0.15, 0.2) is 0 Å². The summed E-state index contributed by atoms with van der Waals surface area (Å²) in [5.74, 6) is -8.57. The highest BCUT2D eigenvalue weighted by atomic mass is 19.3. The van der Waals surface area contributed by atoms with Crippen LogP contribution in [0, 0.1) is 0 Å². The molecule has 0 heterocycles. The lowest BCUT2D eigenvalue weighted by Crippen LogP contribution is -2.44. The lowest BCUT2D eigenvalue weighted by molar-refractivity contribution is -0.227. The van der Waals surface area contributed by atoms with Crippen LogP contribution >= 0.6 is 0 Å². The molecule has 84 valence electrons. The minimum absolute atomic E-state index is 0.887. The maximum Gasteiger partial charge on any atom is 0.508 e. The molecule has 0 saturated carbocycles. The molecule has 0 aliphatic carbocycles. The molecule has 0 radical (unpaired) electrons. The fourth-order valence-electron chi connectivity index (χ4n) is 0.573. The van der Waals surface area contributed by atoms with Crippen LogP contribution < -0.4 is 0 Å². The quantitative estimate of drug-likeness (QED) is 0.537. The van der Waals surface area contributed by atoms with Crippen LogP contribution in [-0.4, -0.2) is 31.7 Å². The molecule has 0 amide bonds. The molecule has 0 N–H and O–H groups in total. The molecule has 0 aromatic heterocycles. The fraction of sp³-hybridized carbons (Fsp3) is 0.857. The van der Waals surface area contributed by atoms with Crippen molar-refractivity contribution in [1.82, 2.24) is 0 Å². The van der Waals surface area contributed by atoms with Gasteiger partial charge >= 0.3 is 18.0 Å². The van der Waals surface area contributed by atoms with Gasteiger partial charge in [-0.1, -0.05) is 6.92 Å². The van der Waals surface area contributed by atoms with Crippen molar-refractivity contribution in [1.29, 1.82) is 0 Å². The molecule has 0 unspecified atom stereocenters. The van der Waals surface area contributed by atoms with Gasteiger partial charge in [0, 0.05) is 6.42 Å². The Morgan fingerprint density at radius 3 is 2.07 bits per heavy atom. The molecule has 0 fully saturated rings. The van der Waals surface area contributed by atoms with Crippen molar-refractivity contribution in [3.63, 3.8) is 0 Å². The minimum Gasteiger partial charge on any atom is -0.438 e. The SMILES string of the molecule is CCC(F)(F)C(F)(F)COC(=O)OC. The van der Waals surface area contributed by atoms with E-state index in [2.05, 4.69) is 9.47 Å². The predicted octanol–water partition coefficient (Wildman–Crippen LogP) is 2.45. The number of halogens is 4. The molecule has 0 rings (SSSR count). The van der Waals surface area contributed by atoms with Gasteiger partial charge in [-0.2, -0.15) is 17.6 Å². The topological polar surface area (TPSA) is 35.5 Å². The average molecular weight is 218 g/mol. The van der Waals surface area contributed by atoms with E-state index in [1.54, 1.807) is 0 Å². The Balaban J connectivity index is 4.27. The summed E-state index contributed by atoms with van der Waals surface area (Å²) >= 11 is 0. The molecule has 0 saturated heterocycles. The molecule has 0 spiro atoms. The van der Waals surface area contributed by atoms with E-state index in [4.69, 9.17) is 0 Å². The first kappa shape index (κ1) is 13.0. The van der Waals surface area contributed by atoms with Gasteiger partial charge in [-0.3, -0.25) is 0 Å². The molecule has 0 atom stereocenters. The van der Waals surface area contributed by atoms with Crippen molar-refractivity contribution in [3.05, 3.63) is 0 Å². The zero-order chi connectivity index (χ0) is 11.4. The van der Waals surface area contributed by atoms with E-state index in [-0.39, 0.29) is 0 Å². The van der Waals surface area contributed by atoms with E-state index >= 15 is 0 Å². The molecule has 3 nitrogen and oxygen atoms in total. The van der Waals surface area contributed by atoms with Gasteiger partial charge < -0.3 is 9.47 Å². The van der Waals surface area contributed by atoms with Crippen molar-refractivity contribution in [3.8, 4) is 0 Å². The highest BCUT2D eigenvalue weighted by Gasteiger charge is 2.55. The molecule has 0 aromatic rings. The van der Waals surface area contributed by atoms with Gasteiger partial charge in [0.2, 0.25) is 0 Å². The maximum absolute atomic E-state index is 12.6. The molecule has 7 heteroatoms. The van der Waals surface area contributed by atoms with E-state index in [0.29, 0.717) is 0 Å². The maximum atomic E-state index is 12.6. The van der Waals surface area contributed by atoms with Gasteiger partial charge in [-0.05, 0) is 0 Å². The Morgan fingerprint density at radius 1 is 1.21 bits per heavy atom. The third-order valence-corrected chi connectivity index (χ3v) is 1.52. The number of ether oxygens (including phenoxy) is 2. The van der Waals surface area contributed by atoms with E-state index in [9.17, 15) is 22.4 Å². The summed E-state index contributed by atoms with van der Waals surface area (Å²) in [7, 11) is 0.887. The Hall–Kier alpha value is -1.01. The number of hydrogen-bond donors (Lipinski definition) is 0. The number of rotatable bonds is 4. The van der Waals surface area contributed by atoms with E-state index in [0.717, 1.165) is 14.0 Å². The van der Waals surface area contributed by atoms with Gasteiger partial charge in [0.25, 0.3) is 0 Å². The van der Waals surface area contributed by atoms with Crippen LogP contribution in [0.25, 0.3) is 0 Å². The molecule has 0 aliphatic heterocycles. The number of carbonyl (C=O) groups excluding carboxylic acids is 1. The molecule has 14 heavy (non-hydrogen) atoms. The molecular weight excluding hydrogens is 208 g/mol. The second-order valence-electron chi connectivity index (χ2n) is 2.51. The van der Waals surface area contributed by atoms with Crippen LogP contribution in [-0.2, 0) is 9.47 Å². The fourth-order valence-corrected chi connectivity index (χ4v) is 0.573. The van der Waals surface area contributed by atoms with Gasteiger partial charge in [-0.25, -0.2) is 4.79 Å². The third kappa shape index (κ3) is 3.04. The first-order chi connectivity index (χ1) is 6.27. The van der Waals surface area contributed by atoms with Crippen LogP contribution in [0.3, 0.4) is 0 Å². The Bertz CT molecular complexity index is 205. The number of methoxy groups -OCH3 is 1. The number of alkyl halides is 4. The Morgan fingerprint density at radius 2 is 1.71 bits per heavy atom. The summed E-state index contributed by atoms with van der Waals surface area (Å²) in [4.78, 5) is 10.3. The lowest BCUT2D eigenvalue weighted by atomic mass is 10.1. The lowest BCUT2D eigenvalue weighted by Gasteiger charge is -2.24. The summed E-state index contributed by atoms with van der Waals surface area (Å²) < 4.78 is 57.8. The Kier molecular flexibility index (Phi) is 4.15. The van der Waals surface area contributed by atoms with E-state index in [1.165, 1.54) is 0 Å². The summed E-state index contributed by atoms with van der Waals surface area (Å²) in [6.45, 7) is -0.785. The van der Waals surface area contributed by atoms with E-state index < -0.39 is 31.0 Å². The van der Waals surface area contributed by atoms with Gasteiger partial charge in [0.05, 0.1) is 7.11 Å². The van der Waals surface area contributed by atoms with Crippen molar-refractivity contribution in [2.24, 2.45) is 0 Å². The van der Waals surface area contributed by atoms with Crippen molar-refractivity contribution in [2.45, 2.75) is 25.2 Å². The normalized spacial score (nSPS) is 12.4.